The van der Waals surface area contributed by atoms with Gasteiger partial charge < -0.3 is 9.84 Å². The van der Waals surface area contributed by atoms with E-state index in [-0.39, 0.29) is 12.6 Å². The van der Waals surface area contributed by atoms with Gasteiger partial charge in [-0.2, -0.15) is 0 Å². The SMILES string of the molecule is CC/C=C\C/C=C\C/C=C\CCCCCCCCCC(=O)OCC(O)CC. The molecule has 0 fully saturated rings. The van der Waals surface area contributed by atoms with E-state index < -0.39 is 6.10 Å². The van der Waals surface area contributed by atoms with E-state index in [1.165, 1.54) is 38.5 Å². The van der Waals surface area contributed by atoms with Crippen LogP contribution in [0.4, 0.5) is 0 Å². The van der Waals surface area contributed by atoms with Gasteiger partial charge in [-0.25, -0.2) is 0 Å². The van der Waals surface area contributed by atoms with Crippen LogP contribution in [0.25, 0.3) is 0 Å². The molecule has 1 N–H and O–H groups in total. The maximum Gasteiger partial charge on any atom is 0.305 e. The summed E-state index contributed by atoms with van der Waals surface area (Å²) >= 11 is 0. The first-order valence-electron chi connectivity index (χ1n) is 11.0. The molecule has 1 atom stereocenters. The van der Waals surface area contributed by atoms with Crippen molar-refractivity contribution < 1.29 is 14.6 Å². The lowest BCUT2D eigenvalue weighted by Gasteiger charge is -2.08. The highest BCUT2D eigenvalue weighted by Crippen LogP contribution is 2.10. The van der Waals surface area contributed by atoms with Crippen molar-refractivity contribution >= 4 is 5.97 Å². The Kier molecular flexibility index (Phi) is 19.9. The fourth-order valence-corrected chi connectivity index (χ4v) is 2.62. The maximum atomic E-state index is 11.5. The molecule has 0 aliphatic carbocycles. The summed E-state index contributed by atoms with van der Waals surface area (Å²) in [6, 6.07) is 0. The Labute approximate surface area is 167 Å². The van der Waals surface area contributed by atoms with Gasteiger partial charge in [-0.1, -0.05) is 82.4 Å². The van der Waals surface area contributed by atoms with Crippen LogP contribution >= 0.6 is 0 Å². The molecule has 3 nitrogen and oxygen atoms in total. The van der Waals surface area contributed by atoms with Crippen molar-refractivity contribution in [3.8, 4) is 0 Å². The number of carbonyl (C=O) groups excluding carboxylic acids is 1. The molecule has 0 radical (unpaired) electrons. The minimum absolute atomic E-state index is 0.135. The summed E-state index contributed by atoms with van der Waals surface area (Å²) in [4.78, 5) is 11.5. The monoisotopic (exact) mass is 378 g/mol. The second kappa shape index (κ2) is 21.0. The lowest BCUT2D eigenvalue weighted by Crippen LogP contribution is -2.17. The van der Waals surface area contributed by atoms with E-state index >= 15 is 0 Å². The van der Waals surface area contributed by atoms with E-state index in [4.69, 9.17) is 4.74 Å². The lowest BCUT2D eigenvalue weighted by atomic mass is 10.1. The summed E-state index contributed by atoms with van der Waals surface area (Å²) in [5.41, 5.74) is 0. The summed E-state index contributed by atoms with van der Waals surface area (Å²) < 4.78 is 5.02. The van der Waals surface area contributed by atoms with Crippen molar-refractivity contribution in [2.24, 2.45) is 0 Å². The van der Waals surface area contributed by atoms with E-state index in [1.807, 2.05) is 6.92 Å². The molecule has 0 saturated carbocycles. The number of esters is 1. The predicted octanol–water partition coefficient (Wildman–Crippen LogP) is 6.67. The van der Waals surface area contributed by atoms with Crippen LogP contribution in [0, 0.1) is 0 Å². The summed E-state index contributed by atoms with van der Waals surface area (Å²) in [7, 11) is 0. The van der Waals surface area contributed by atoms with Crippen LogP contribution < -0.4 is 0 Å². The van der Waals surface area contributed by atoms with Gasteiger partial charge in [0, 0.05) is 6.42 Å². The second-order valence-corrected chi connectivity index (χ2v) is 7.05. The lowest BCUT2D eigenvalue weighted by molar-refractivity contribution is -0.146. The van der Waals surface area contributed by atoms with E-state index in [0.717, 1.165) is 32.1 Å². The average molecular weight is 379 g/mol. The number of aliphatic hydroxyl groups excluding tert-OH is 1. The van der Waals surface area contributed by atoms with Crippen LogP contribution in [0.15, 0.2) is 36.5 Å². The third-order valence-electron chi connectivity index (χ3n) is 4.44. The number of rotatable bonds is 18. The molecule has 0 aliphatic rings. The molecule has 0 aliphatic heterocycles. The zero-order valence-corrected chi connectivity index (χ0v) is 17.7. The van der Waals surface area contributed by atoms with Crippen LogP contribution in [-0.4, -0.2) is 23.8 Å². The van der Waals surface area contributed by atoms with Gasteiger partial charge in [0.15, 0.2) is 0 Å². The largest absolute Gasteiger partial charge is 0.463 e. The molecule has 3 heteroatoms. The molecule has 0 bridgehead atoms. The number of hydrogen-bond donors (Lipinski definition) is 1. The Balaban J connectivity index is 3.30. The fourth-order valence-electron chi connectivity index (χ4n) is 2.62. The van der Waals surface area contributed by atoms with E-state index in [0.29, 0.717) is 12.8 Å². The fraction of sp³-hybridized carbons (Fsp3) is 0.708. The zero-order chi connectivity index (χ0) is 20.0. The molecule has 0 spiro atoms. The summed E-state index contributed by atoms with van der Waals surface area (Å²) in [5.74, 6) is -0.179. The van der Waals surface area contributed by atoms with Gasteiger partial charge in [0.1, 0.15) is 6.61 Å². The second-order valence-electron chi connectivity index (χ2n) is 7.05. The number of ether oxygens (including phenoxy) is 1. The highest BCUT2D eigenvalue weighted by Gasteiger charge is 2.06. The smallest absolute Gasteiger partial charge is 0.305 e. The van der Waals surface area contributed by atoms with Gasteiger partial charge in [0.05, 0.1) is 6.10 Å². The highest BCUT2D eigenvalue weighted by molar-refractivity contribution is 5.69. The van der Waals surface area contributed by atoms with E-state index in [9.17, 15) is 9.90 Å². The topological polar surface area (TPSA) is 46.5 Å². The van der Waals surface area contributed by atoms with Gasteiger partial charge in [0.25, 0.3) is 0 Å². The minimum Gasteiger partial charge on any atom is -0.463 e. The molecule has 0 aromatic rings. The first-order valence-corrected chi connectivity index (χ1v) is 11.0. The molecule has 0 amide bonds. The molecular weight excluding hydrogens is 336 g/mol. The molecule has 156 valence electrons. The number of carbonyl (C=O) groups is 1. The molecule has 0 aromatic carbocycles. The Hall–Kier alpha value is -1.35. The van der Waals surface area contributed by atoms with Crippen LogP contribution in [-0.2, 0) is 9.53 Å². The summed E-state index contributed by atoms with van der Waals surface area (Å²) in [5, 5.41) is 9.34. The number of unbranched alkanes of at least 4 members (excludes halogenated alkanes) is 7. The Morgan fingerprint density at radius 1 is 0.815 bits per heavy atom. The molecule has 0 rings (SSSR count). The van der Waals surface area contributed by atoms with Crippen molar-refractivity contribution in [2.75, 3.05) is 6.61 Å². The van der Waals surface area contributed by atoms with Crippen molar-refractivity contribution in [3.63, 3.8) is 0 Å². The van der Waals surface area contributed by atoms with Crippen LogP contribution in [0.1, 0.15) is 97.3 Å². The number of allylic oxidation sites excluding steroid dienone is 6. The Morgan fingerprint density at radius 2 is 1.37 bits per heavy atom. The van der Waals surface area contributed by atoms with Crippen molar-refractivity contribution in [1.29, 1.82) is 0 Å². The third-order valence-corrected chi connectivity index (χ3v) is 4.44. The van der Waals surface area contributed by atoms with Crippen LogP contribution in [0.2, 0.25) is 0 Å². The summed E-state index contributed by atoms with van der Waals surface area (Å²) in [6.45, 7) is 4.17. The quantitative estimate of drug-likeness (QED) is 0.165. The normalized spacial score (nSPS) is 13.1. The van der Waals surface area contributed by atoms with Crippen molar-refractivity contribution in [3.05, 3.63) is 36.5 Å². The van der Waals surface area contributed by atoms with E-state index in [2.05, 4.69) is 43.4 Å². The maximum absolute atomic E-state index is 11.5. The molecule has 27 heavy (non-hydrogen) atoms. The Bertz CT molecular complexity index is 410. The minimum atomic E-state index is -0.520. The van der Waals surface area contributed by atoms with Gasteiger partial charge in [-0.3, -0.25) is 4.79 Å². The third kappa shape index (κ3) is 20.8. The van der Waals surface area contributed by atoms with Crippen molar-refractivity contribution in [2.45, 2.75) is 103 Å². The number of hydrogen-bond acceptors (Lipinski definition) is 3. The molecule has 1 unspecified atom stereocenters. The molecular formula is C24H42O3. The molecule has 0 aromatic heterocycles. The Morgan fingerprint density at radius 3 is 2.00 bits per heavy atom. The summed E-state index contributed by atoms with van der Waals surface area (Å²) in [6.07, 6.45) is 26.7. The van der Waals surface area contributed by atoms with Gasteiger partial charge in [-0.05, 0) is 44.9 Å². The van der Waals surface area contributed by atoms with Crippen LogP contribution in [0.3, 0.4) is 0 Å². The first kappa shape index (κ1) is 25.6. The molecule has 0 saturated heterocycles. The first-order chi connectivity index (χ1) is 13.2. The standard InChI is InChI=1S/C24H42O3/c1-3-5-6-7-8-9-10-11-12-13-14-15-16-17-18-19-20-21-24(26)27-22-23(25)4-2/h5-6,8-9,11-12,23,25H,3-4,7,10,13-22H2,1-2H3/b6-5-,9-8-,12-11-. The van der Waals surface area contributed by atoms with Gasteiger partial charge in [0.2, 0.25) is 0 Å². The average Bonchev–Trinajstić information content (AvgIpc) is 2.68. The van der Waals surface area contributed by atoms with Crippen molar-refractivity contribution in [1.82, 2.24) is 0 Å². The van der Waals surface area contributed by atoms with E-state index in [1.54, 1.807) is 0 Å². The number of aliphatic hydroxyl groups is 1. The van der Waals surface area contributed by atoms with Gasteiger partial charge >= 0.3 is 5.97 Å². The van der Waals surface area contributed by atoms with Crippen LogP contribution in [0.5, 0.6) is 0 Å². The van der Waals surface area contributed by atoms with Gasteiger partial charge in [-0.15, -0.1) is 0 Å². The zero-order valence-electron chi connectivity index (χ0n) is 17.7. The predicted molar refractivity (Wildman–Crippen MR) is 116 cm³/mol. The molecule has 0 heterocycles. The highest BCUT2D eigenvalue weighted by atomic mass is 16.5.